The minimum atomic E-state index is -4.41. The molecule has 1 atom stereocenters. The van der Waals surface area contributed by atoms with Gasteiger partial charge in [0, 0.05) is 5.92 Å². The number of aryl methyl sites for hydroxylation is 2. The SMILES string of the molecule is Cc1cc(Cl)c(OCCOc2ccc(CC(C[NH3+])c3ccc(-c4ccccc4C(F)(F)F)cc3C)cc2)c(Cl)c1. The zero-order chi connectivity index (χ0) is 28.9. The average Bonchev–Trinajstić information content (AvgIpc) is 2.91. The van der Waals surface area contributed by atoms with Crippen LogP contribution < -0.4 is 15.2 Å². The van der Waals surface area contributed by atoms with Crippen molar-refractivity contribution in [1.29, 1.82) is 0 Å². The standard InChI is InChI=1S/C32H30Cl2F3NO2/c1-20-15-29(33)31(30(34)16-20)40-14-13-39-25-10-7-22(8-11-25)18-24(19-38)26-12-9-23(17-21(26)2)27-5-3-4-6-28(27)32(35,36)37/h3-12,15-17,24H,13-14,18-19,38H2,1-2H3/p+1. The van der Waals surface area contributed by atoms with E-state index in [0.717, 1.165) is 34.7 Å². The van der Waals surface area contributed by atoms with Crippen molar-refractivity contribution in [3.05, 3.63) is 117 Å². The number of hydrogen-bond donors (Lipinski definition) is 1. The Labute approximate surface area is 242 Å². The average molecular weight is 590 g/mol. The number of quaternary nitrogens is 1. The molecule has 0 heterocycles. The van der Waals surface area contributed by atoms with E-state index in [2.05, 4.69) is 5.73 Å². The van der Waals surface area contributed by atoms with Gasteiger partial charge in [-0.25, -0.2) is 0 Å². The van der Waals surface area contributed by atoms with Gasteiger partial charge in [-0.15, -0.1) is 0 Å². The molecule has 0 saturated carbocycles. The van der Waals surface area contributed by atoms with Gasteiger partial charge in [-0.05, 0) is 84.0 Å². The lowest BCUT2D eigenvalue weighted by Gasteiger charge is -2.19. The number of ether oxygens (including phenoxy) is 2. The molecule has 210 valence electrons. The molecule has 4 aromatic rings. The van der Waals surface area contributed by atoms with Crippen LogP contribution in [0.25, 0.3) is 11.1 Å². The summed E-state index contributed by atoms with van der Waals surface area (Å²) in [6.45, 7) is 5.11. The maximum absolute atomic E-state index is 13.5. The Bertz CT molecular complexity index is 1430. The van der Waals surface area contributed by atoms with Crippen molar-refractivity contribution in [2.75, 3.05) is 19.8 Å². The second-order valence-corrected chi connectivity index (χ2v) is 10.5. The monoisotopic (exact) mass is 588 g/mol. The molecule has 40 heavy (non-hydrogen) atoms. The highest BCUT2D eigenvalue weighted by Crippen LogP contribution is 2.38. The van der Waals surface area contributed by atoms with Crippen LogP contribution >= 0.6 is 23.2 Å². The molecular formula is C32H31Cl2F3NO2+. The van der Waals surface area contributed by atoms with E-state index >= 15 is 0 Å². The van der Waals surface area contributed by atoms with Crippen LogP contribution in [0.1, 0.15) is 33.7 Å². The number of halogens is 5. The quantitative estimate of drug-likeness (QED) is 0.189. The first kappa shape index (κ1) is 29.8. The third kappa shape index (κ3) is 7.30. The Morgan fingerprint density at radius 3 is 2.10 bits per heavy atom. The van der Waals surface area contributed by atoms with Crippen LogP contribution in [0, 0.1) is 13.8 Å². The van der Waals surface area contributed by atoms with Crippen LogP contribution in [-0.4, -0.2) is 19.8 Å². The summed E-state index contributed by atoms with van der Waals surface area (Å²) in [5.74, 6) is 1.28. The fourth-order valence-corrected chi connectivity index (χ4v) is 5.49. The molecule has 0 fully saturated rings. The molecule has 0 aromatic heterocycles. The maximum atomic E-state index is 13.5. The van der Waals surface area contributed by atoms with Gasteiger partial charge in [0.25, 0.3) is 0 Å². The van der Waals surface area contributed by atoms with Crippen LogP contribution in [0.5, 0.6) is 11.5 Å². The number of benzene rings is 4. The van der Waals surface area contributed by atoms with E-state index in [9.17, 15) is 13.2 Å². The predicted molar refractivity (Wildman–Crippen MR) is 154 cm³/mol. The lowest BCUT2D eigenvalue weighted by atomic mass is 9.87. The van der Waals surface area contributed by atoms with Crippen molar-refractivity contribution >= 4 is 23.2 Å². The van der Waals surface area contributed by atoms with Crippen molar-refractivity contribution in [1.82, 2.24) is 0 Å². The molecule has 3 N–H and O–H groups in total. The smallest absolute Gasteiger partial charge is 0.417 e. The van der Waals surface area contributed by atoms with Crippen LogP contribution in [0.15, 0.2) is 78.9 Å². The minimum Gasteiger partial charge on any atom is -0.490 e. The molecule has 8 heteroatoms. The van der Waals surface area contributed by atoms with Crippen molar-refractivity contribution in [2.45, 2.75) is 32.4 Å². The zero-order valence-corrected chi connectivity index (χ0v) is 23.8. The molecule has 0 amide bonds. The second kappa shape index (κ2) is 13.0. The first-order valence-electron chi connectivity index (χ1n) is 12.9. The van der Waals surface area contributed by atoms with Gasteiger partial charge in [0.2, 0.25) is 0 Å². The molecule has 0 spiro atoms. The van der Waals surface area contributed by atoms with Gasteiger partial charge in [0.15, 0.2) is 5.75 Å². The minimum absolute atomic E-state index is 0.121. The molecule has 0 aliphatic heterocycles. The molecule has 4 aromatic carbocycles. The van der Waals surface area contributed by atoms with E-state index in [0.29, 0.717) is 40.3 Å². The third-order valence-electron chi connectivity index (χ3n) is 6.75. The highest BCUT2D eigenvalue weighted by Gasteiger charge is 2.33. The topological polar surface area (TPSA) is 46.1 Å². The summed E-state index contributed by atoms with van der Waals surface area (Å²) in [7, 11) is 0. The molecule has 3 nitrogen and oxygen atoms in total. The lowest BCUT2D eigenvalue weighted by molar-refractivity contribution is -0.372. The normalized spacial score (nSPS) is 12.3. The summed E-state index contributed by atoms with van der Waals surface area (Å²) in [4.78, 5) is 0. The van der Waals surface area contributed by atoms with Crippen LogP contribution in [-0.2, 0) is 12.6 Å². The van der Waals surface area contributed by atoms with Gasteiger partial charge in [0.1, 0.15) is 19.0 Å². The number of alkyl halides is 3. The van der Waals surface area contributed by atoms with Gasteiger partial charge in [-0.1, -0.05) is 71.7 Å². The van der Waals surface area contributed by atoms with Crippen molar-refractivity contribution < 1.29 is 28.4 Å². The van der Waals surface area contributed by atoms with Gasteiger partial charge in [-0.2, -0.15) is 13.2 Å². The predicted octanol–water partition coefficient (Wildman–Crippen LogP) is 8.32. The van der Waals surface area contributed by atoms with E-state index in [4.69, 9.17) is 32.7 Å². The van der Waals surface area contributed by atoms with Crippen molar-refractivity contribution in [2.24, 2.45) is 0 Å². The summed E-state index contributed by atoms with van der Waals surface area (Å²) in [6, 6.07) is 22.6. The van der Waals surface area contributed by atoms with Gasteiger partial charge in [0.05, 0.1) is 22.2 Å². The van der Waals surface area contributed by atoms with Gasteiger partial charge < -0.3 is 15.2 Å². The van der Waals surface area contributed by atoms with Crippen molar-refractivity contribution in [3.8, 4) is 22.6 Å². The largest absolute Gasteiger partial charge is 0.490 e. The zero-order valence-electron chi connectivity index (χ0n) is 22.3. The molecular weight excluding hydrogens is 558 g/mol. The van der Waals surface area contributed by atoms with Gasteiger partial charge >= 0.3 is 6.18 Å². The first-order chi connectivity index (χ1) is 19.1. The summed E-state index contributed by atoms with van der Waals surface area (Å²) in [6.07, 6.45) is -3.67. The fraction of sp³-hybridized carbons (Fsp3) is 0.250. The van der Waals surface area contributed by atoms with E-state index in [1.54, 1.807) is 24.3 Å². The summed E-state index contributed by atoms with van der Waals surface area (Å²) in [5, 5.41) is 0.927. The molecule has 1 unspecified atom stereocenters. The summed E-state index contributed by atoms with van der Waals surface area (Å²) in [5.41, 5.74) is 8.32. The van der Waals surface area contributed by atoms with E-state index in [1.807, 2.05) is 50.2 Å². The highest BCUT2D eigenvalue weighted by atomic mass is 35.5. The Kier molecular flexibility index (Phi) is 9.67. The second-order valence-electron chi connectivity index (χ2n) is 9.70. The fourth-order valence-electron chi connectivity index (χ4n) is 4.78. The number of hydrogen-bond acceptors (Lipinski definition) is 2. The molecule has 0 bridgehead atoms. The van der Waals surface area contributed by atoms with E-state index in [1.165, 1.54) is 12.1 Å². The highest BCUT2D eigenvalue weighted by molar-refractivity contribution is 6.37. The Balaban J connectivity index is 1.38. The first-order valence-corrected chi connectivity index (χ1v) is 13.7. The van der Waals surface area contributed by atoms with Crippen molar-refractivity contribution in [3.63, 3.8) is 0 Å². The molecule has 0 aliphatic carbocycles. The lowest BCUT2D eigenvalue weighted by Crippen LogP contribution is -2.53. The van der Waals surface area contributed by atoms with E-state index in [-0.39, 0.29) is 18.1 Å². The van der Waals surface area contributed by atoms with Crippen LogP contribution in [0.3, 0.4) is 0 Å². The van der Waals surface area contributed by atoms with Crippen LogP contribution in [0.4, 0.5) is 13.2 Å². The third-order valence-corrected chi connectivity index (χ3v) is 7.31. The van der Waals surface area contributed by atoms with Crippen LogP contribution in [0.2, 0.25) is 10.0 Å². The Hall–Kier alpha value is -3.19. The molecule has 0 radical (unpaired) electrons. The maximum Gasteiger partial charge on any atom is 0.417 e. The Morgan fingerprint density at radius 2 is 1.48 bits per heavy atom. The molecule has 0 saturated heterocycles. The number of rotatable bonds is 10. The summed E-state index contributed by atoms with van der Waals surface area (Å²) >= 11 is 12.4. The van der Waals surface area contributed by atoms with E-state index < -0.39 is 11.7 Å². The Morgan fingerprint density at radius 1 is 0.825 bits per heavy atom. The van der Waals surface area contributed by atoms with Gasteiger partial charge in [-0.3, -0.25) is 0 Å². The molecule has 4 rings (SSSR count). The molecule has 0 aliphatic rings. The summed E-state index contributed by atoms with van der Waals surface area (Å²) < 4.78 is 52.1.